The van der Waals surface area contributed by atoms with Crippen LogP contribution in [0, 0.1) is 34.5 Å². The molecular formula is C27H47NO5. The van der Waals surface area contributed by atoms with E-state index < -0.39 is 24.6 Å². The Balaban J connectivity index is 1.28. The van der Waals surface area contributed by atoms with Crippen molar-refractivity contribution >= 4 is 0 Å². The van der Waals surface area contributed by atoms with Crippen molar-refractivity contribution in [3.8, 4) is 0 Å². The van der Waals surface area contributed by atoms with Gasteiger partial charge in [0.05, 0.1) is 24.4 Å². The van der Waals surface area contributed by atoms with E-state index in [0.29, 0.717) is 35.5 Å². The lowest BCUT2D eigenvalue weighted by atomic mass is 9.42. The van der Waals surface area contributed by atoms with Crippen molar-refractivity contribution in [1.82, 2.24) is 0 Å². The van der Waals surface area contributed by atoms with E-state index in [1.807, 2.05) is 6.92 Å². The van der Waals surface area contributed by atoms with E-state index in [4.69, 9.17) is 15.2 Å². The average Bonchev–Trinajstić information content (AvgIpc) is 3.04. The summed E-state index contributed by atoms with van der Waals surface area (Å²) in [6, 6.07) is 0. The van der Waals surface area contributed by atoms with E-state index in [1.54, 1.807) is 6.92 Å². The second-order valence-corrected chi connectivity index (χ2v) is 13.0. The molecule has 1 saturated heterocycles. The lowest BCUT2D eigenvalue weighted by Gasteiger charge is -2.64. The largest absolute Gasteiger partial charge is 0.393 e. The second-order valence-electron chi connectivity index (χ2n) is 13.0. The first kappa shape index (κ1) is 24.5. The van der Waals surface area contributed by atoms with Gasteiger partial charge in [0.2, 0.25) is 0 Å². The van der Waals surface area contributed by atoms with Gasteiger partial charge in [-0.15, -0.1) is 0 Å². The zero-order chi connectivity index (χ0) is 23.8. The number of fused-ring (bicyclic) bond motifs is 5. The molecule has 1 heterocycles. The van der Waals surface area contributed by atoms with Crippen LogP contribution in [0.1, 0.15) is 91.9 Å². The molecule has 0 spiro atoms. The normalized spacial score (nSPS) is 57.6. The van der Waals surface area contributed by atoms with Gasteiger partial charge in [0, 0.05) is 12.0 Å². The molecule has 0 aromatic carbocycles. The molecule has 5 aliphatic rings. The van der Waals surface area contributed by atoms with Crippen LogP contribution in [0.4, 0.5) is 0 Å². The Morgan fingerprint density at radius 1 is 0.970 bits per heavy atom. The Morgan fingerprint density at radius 3 is 2.42 bits per heavy atom. The van der Waals surface area contributed by atoms with Gasteiger partial charge in [-0.25, -0.2) is 0 Å². The summed E-state index contributed by atoms with van der Waals surface area (Å²) in [5, 5.41) is 30.6. The molecule has 190 valence electrons. The monoisotopic (exact) mass is 465 g/mol. The molecule has 4 aliphatic carbocycles. The van der Waals surface area contributed by atoms with Crippen molar-refractivity contribution in [2.75, 3.05) is 0 Å². The first-order valence-corrected chi connectivity index (χ1v) is 13.6. The summed E-state index contributed by atoms with van der Waals surface area (Å²) in [6.07, 6.45) is 7.88. The highest BCUT2D eigenvalue weighted by Gasteiger charge is 2.66. The third-order valence-corrected chi connectivity index (χ3v) is 11.6. The summed E-state index contributed by atoms with van der Waals surface area (Å²) in [5.41, 5.74) is 7.55. The number of nitrogens with two attached hydrogens (primary N) is 1. The van der Waals surface area contributed by atoms with E-state index in [0.717, 1.165) is 38.5 Å². The summed E-state index contributed by atoms with van der Waals surface area (Å²) in [4.78, 5) is 0. The molecule has 0 radical (unpaired) electrons. The van der Waals surface area contributed by atoms with Crippen molar-refractivity contribution in [1.29, 1.82) is 0 Å². The number of rotatable bonds is 3. The van der Waals surface area contributed by atoms with Crippen molar-refractivity contribution in [2.24, 2.45) is 40.2 Å². The summed E-state index contributed by atoms with van der Waals surface area (Å²) < 4.78 is 12.2. The van der Waals surface area contributed by atoms with Gasteiger partial charge in [0.1, 0.15) is 6.10 Å². The Bertz CT molecular complexity index is 721. The van der Waals surface area contributed by atoms with Gasteiger partial charge < -0.3 is 30.5 Å². The molecule has 5 rings (SSSR count). The summed E-state index contributed by atoms with van der Waals surface area (Å²) in [5.74, 6) is 2.17. The van der Waals surface area contributed by atoms with Crippen LogP contribution >= 0.6 is 0 Å². The number of hydrogen-bond donors (Lipinski definition) is 4. The highest BCUT2D eigenvalue weighted by molar-refractivity contribution is 5.19. The minimum atomic E-state index is -0.834. The zero-order valence-corrected chi connectivity index (χ0v) is 21.1. The summed E-state index contributed by atoms with van der Waals surface area (Å²) in [7, 11) is 0. The maximum absolute atomic E-state index is 10.5. The van der Waals surface area contributed by atoms with Crippen LogP contribution in [0.15, 0.2) is 0 Å². The lowest BCUT2D eigenvalue weighted by molar-refractivity contribution is -0.268. The Kier molecular flexibility index (Phi) is 6.24. The number of aliphatic hydroxyl groups excluding tert-OH is 3. The molecule has 0 aromatic rings. The third-order valence-electron chi connectivity index (χ3n) is 11.6. The van der Waals surface area contributed by atoms with E-state index >= 15 is 0 Å². The van der Waals surface area contributed by atoms with Crippen LogP contribution in [-0.2, 0) is 9.47 Å². The zero-order valence-electron chi connectivity index (χ0n) is 21.1. The minimum absolute atomic E-state index is 0.0479. The van der Waals surface area contributed by atoms with Crippen LogP contribution in [0.25, 0.3) is 0 Å². The average molecular weight is 466 g/mol. The predicted octanol–water partition coefficient (Wildman–Crippen LogP) is 3.35. The van der Waals surface area contributed by atoms with E-state index in [9.17, 15) is 15.3 Å². The van der Waals surface area contributed by atoms with Gasteiger partial charge in [-0.1, -0.05) is 13.8 Å². The molecule has 6 heteroatoms. The highest BCUT2D eigenvalue weighted by atomic mass is 16.7. The first-order chi connectivity index (χ1) is 15.5. The maximum atomic E-state index is 10.5. The fourth-order valence-electron chi connectivity index (χ4n) is 9.56. The van der Waals surface area contributed by atoms with Gasteiger partial charge in [-0.05, 0) is 106 Å². The number of ether oxygens (including phenoxy) is 2. The molecule has 2 unspecified atom stereocenters. The summed E-state index contributed by atoms with van der Waals surface area (Å²) in [6.45, 7) is 8.66. The molecule has 5 N–H and O–H groups in total. The molecule has 4 saturated carbocycles. The smallest absolute Gasteiger partial charge is 0.161 e. The predicted molar refractivity (Wildman–Crippen MR) is 126 cm³/mol. The fraction of sp³-hybridized carbons (Fsp3) is 1.00. The van der Waals surface area contributed by atoms with Gasteiger partial charge >= 0.3 is 0 Å². The van der Waals surface area contributed by atoms with Gasteiger partial charge in [0.15, 0.2) is 6.29 Å². The van der Waals surface area contributed by atoms with Crippen LogP contribution in [0.2, 0.25) is 0 Å². The number of aliphatic hydroxyl groups is 3. The molecule has 13 atom stereocenters. The van der Waals surface area contributed by atoms with Gasteiger partial charge in [0.25, 0.3) is 0 Å². The Labute approximate surface area is 199 Å². The maximum Gasteiger partial charge on any atom is 0.161 e. The van der Waals surface area contributed by atoms with Crippen molar-refractivity contribution in [3.63, 3.8) is 0 Å². The highest BCUT2D eigenvalue weighted by Crippen LogP contribution is 2.68. The number of hydrogen-bond acceptors (Lipinski definition) is 6. The van der Waals surface area contributed by atoms with Gasteiger partial charge in [-0.2, -0.15) is 0 Å². The van der Waals surface area contributed by atoms with Crippen molar-refractivity contribution in [3.05, 3.63) is 0 Å². The molecule has 0 aromatic heterocycles. The topological polar surface area (TPSA) is 105 Å². The lowest BCUT2D eigenvalue weighted by Crippen LogP contribution is -2.67. The molecule has 6 nitrogen and oxygen atoms in total. The van der Waals surface area contributed by atoms with E-state index in [-0.39, 0.29) is 23.2 Å². The quantitative estimate of drug-likeness (QED) is 0.477. The molecule has 33 heavy (non-hydrogen) atoms. The molecular weight excluding hydrogens is 418 g/mol. The van der Waals surface area contributed by atoms with Crippen LogP contribution in [-0.4, -0.2) is 57.7 Å². The molecule has 0 bridgehead atoms. The SMILES string of the molecule is C[C@H](O)[C@H]1CC[C@@]2(N)C3CC[C@H]4C[C@H](O[C@H]5C[C@H](O)[C@H](O)[C@@H](C)O5)CC[C@]4(C)C3CC[C@]12C. The molecule has 5 fully saturated rings. The van der Waals surface area contributed by atoms with E-state index in [2.05, 4.69) is 13.8 Å². The minimum Gasteiger partial charge on any atom is -0.393 e. The first-order valence-electron chi connectivity index (χ1n) is 13.6. The van der Waals surface area contributed by atoms with Crippen LogP contribution < -0.4 is 5.73 Å². The Morgan fingerprint density at radius 2 is 1.73 bits per heavy atom. The molecule has 1 aliphatic heterocycles. The van der Waals surface area contributed by atoms with Gasteiger partial charge in [-0.3, -0.25) is 0 Å². The fourth-order valence-corrected chi connectivity index (χ4v) is 9.56. The second kappa shape index (κ2) is 8.41. The van der Waals surface area contributed by atoms with Crippen molar-refractivity contribution in [2.45, 2.75) is 134 Å². The van der Waals surface area contributed by atoms with Crippen molar-refractivity contribution < 1.29 is 24.8 Å². The summed E-state index contributed by atoms with van der Waals surface area (Å²) >= 11 is 0. The standard InChI is InChI=1S/C27H47NO5/c1-15(29)19-9-12-27(28)21-6-5-17-13-18(33-23-14-22(30)24(31)16(2)32-23)7-10-25(17,3)20(21)8-11-26(19,27)4/h15-24,29-31H,5-14,28H2,1-4H3/t15-,16+,17-,18+,19+,20?,21?,22-,23-,24+,25-,26+,27+/m0/s1. The Hall–Kier alpha value is -0.240. The molecule has 0 amide bonds. The third kappa shape index (κ3) is 3.65. The van der Waals surface area contributed by atoms with Crippen LogP contribution in [0.5, 0.6) is 0 Å². The van der Waals surface area contributed by atoms with E-state index in [1.165, 1.54) is 19.3 Å². The van der Waals surface area contributed by atoms with Crippen LogP contribution in [0.3, 0.4) is 0 Å².